The SMILES string of the molecule is C=Cc1cccc(C(C(=O)NC(C)(C)C)N(C(=O)C(CC(N)=O)NC(=O)OC(C)(C)C)C2CCC2)c1. The number of nitrogens with one attached hydrogen (secondary N) is 2. The van der Waals surface area contributed by atoms with Gasteiger partial charge in [0.15, 0.2) is 0 Å². The summed E-state index contributed by atoms with van der Waals surface area (Å²) in [5.41, 5.74) is 5.47. The highest BCUT2D eigenvalue weighted by atomic mass is 16.6. The van der Waals surface area contributed by atoms with E-state index in [1.807, 2.05) is 32.9 Å². The maximum atomic E-state index is 14.0. The van der Waals surface area contributed by atoms with Crippen LogP contribution in [-0.4, -0.2) is 51.9 Å². The highest BCUT2D eigenvalue weighted by Gasteiger charge is 2.43. The van der Waals surface area contributed by atoms with Gasteiger partial charge in [0.2, 0.25) is 17.7 Å². The number of hydrogen-bond acceptors (Lipinski definition) is 5. The Labute approximate surface area is 213 Å². The zero-order valence-electron chi connectivity index (χ0n) is 22.2. The molecule has 0 saturated heterocycles. The van der Waals surface area contributed by atoms with Crippen molar-refractivity contribution in [1.29, 1.82) is 0 Å². The highest BCUT2D eigenvalue weighted by molar-refractivity contribution is 5.95. The van der Waals surface area contributed by atoms with Crippen molar-refractivity contribution in [3.63, 3.8) is 0 Å². The van der Waals surface area contributed by atoms with Gasteiger partial charge < -0.3 is 26.0 Å². The van der Waals surface area contributed by atoms with Crippen molar-refractivity contribution in [3.8, 4) is 0 Å². The average molecular weight is 501 g/mol. The highest BCUT2D eigenvalue weighted by Crippen LogP contribution is 2.34. The molecular formula is C27H40N4O5. The molecule has 9 heteroatoms. The van der Waals surface area contributed by atoms with Crippen LogP contribution in [0.1, 0.15) is 84.4 Å². The Kier molecular flexibility index (Phi) is 9.29. The largest absolute Gasteiger partial charge is 0.444 e. The number of carbonyl (C=O) groups is 4. The number of rotatable bonds is 9. The molecule has 1 aliphatic rings. The van der Waals surface area contributed by atoms with Gasteiger partial charge in [0, 0.05) is 11.6 Å². The van der Waals surface area contributed by atoms with Gasteiger partial charge in [-0.15, -0.1) is 0 Å². The van der Waals surface area contributed by atoms with Crippen molar-refractivity contribution in [3.05, 3.63) is 42.0 Å². The number of hydrogen-bond donors (Lipinski definition) is 3. The lowest BCUT2D eigenvalue weighted by molar-refractivity contribution is -0.148. The fourth-order valence-corrected chi connectivity index (χ4v) is 3.95. The third kappa shape index (κ3) is 8.39. The van der Waals surface area contributed by atoms with Gasteiger partial charge in [0.1, 0.15) is 17.7 Å². The van der Waals surface area contributed by atoms with Gasteiger partial charge in [-0.3, -0.25) is 14.4 Å². The van der Waals surface area contributed by atoms with E-state index in [1.54, 1.807) is 39.0 Å². The summed E-state index contributed by atoms with van der Waals surface area (Å²) < 4.78 is 5.31. The van der Waals surface area contributed by atoms with Crippen LogP contribution >= 0.6 is 0 Å². The Morgan fingerprint density at radius 2 is 1.81 bits per heavy atom. The van der Waals surface area contributed by atoms with Gasteiger partial charge in [-0.1, -0.05) is 30.9 Å². The monoisotopic (exact) mass is 500 g/mol. The third-order valence-electron chi connectivity index (χ3n) is 5.60. The summed E-state index contributed by atoms with van der Waals surface area (Å²) >= 11 is 0. The van der Waals surface area contributed by atoms with Gasteiger partial charge in [-0.2, -0.15) is 0 Å². The molecule has 1 fully saturated rings. The van der Waals surface area contributed by atoms with E-state index < -0.39 is 47.6 Å². The first-order valence-corrected chi connectivity index (χ1v) is 12.3. The molecule has 2 rings (SSSR count). The molecule has 2 atom stereocenters. The minimum atomic E-state index is -1.29. The minimum absolute atomic E-state index is 0.239. The number of carbonyl (C=O) groups excluding carboxylic acids is 4. The molecule has 0 heterocycles. The van der Waals surface area contributed by atoms with E-state index in [0.29, 0.717) is 18.4 Å². The average Bonchev–Trinajstić information content (AvgIpc) is 2.68. The minimum Gasteiger partial charge on any atom is -0.444 e. The summed E-state index contributed by atoms with van der Waals surface area (Å²) in [5.74, 6) is -1.69. The number of nitrogens with zero attached hydrogens (tertiary/aromatic N) is 1. The van der Waals surface area contributed by atoms with Crippen LogP contribution in [0.3, 0.4) is 0 Å². The predicted molar refractivity (Wildman–Crippen MR) is 139 cm³/mol. The molecule has 1 saturated carbocycles. The van der Waals surface area contributed by atoms with E-state index in [-0.39, 0.29) is 11.9 Å². The lowest BCUT2D eigenvalue weighted by Gasteiger charge is -2.44. The van der Waals surface area contributed by atoms with E-state index in [9.17, 15) is 19.2 Å². The molecule has 0 aromatic heterocycles. The molecule has 1 aromatic carbocycles. The standard InChI is InChI=1S/C27H40N4O5/c1-8-17-11-9-12-18(15-17)22(23(33)30-26(2,3)4)31(19-13-10-14-19)24(34)20(16-21(28)32)29-25(35)36-27(5,6)7/h8-9,11-12,15,19-20,22H,1,10,13-14,16H2,2-7H3,(H2,28,32)(H,29,35)(H,30,33). The fourth-order valence-electron chi connectivity index (χ4n) is 3.95. The van der Waals surface area contributed by atoms with Crippen molar-refractivity contribution in [2.75, 3.05) is 0 Å². The molecule has 9 nitrogen and oxygen atoms in total. The number of benzene rings is 1. The van der Waals surface area contributed by atoms with Crippen LogP contribution in [0.25, 0.3) is 6.08 Å². The molecule has 0 aliphatic heterocycles. The molecule has 36 heavy (non-hydrogen) atoms. The van der Waals surface area contributed by atoms with E-state index in [2.05, 4.69) is 17.2 Å². The van der Waals surface area contributed by atoms with E-state index in [0.717, 1.165) is 12.0 Å². The Morgan fingerprint density at radius 3 is 2.28 bits per heavy atom. The summed E-state index contributed by atoms with van der Waals surface area (Å²) in [6.07, 6.45) is 2.68. The molecule has 4 amide bonds. The molecule has 0 spiro atoms. The molecule has 2 unspecified atom stereocenters. The van der Waals surface area contributed by atoms with Crippen molar-refractivity contribution >= 4 is 29.9 Å². The summed E-state index contributed by atoms with van der Waals surface area (Å²) in [4.78, 5) is 53.6. The van der Waals surface area contributed by atoms with Crippen LogP contribution in [-0.2, 0) is 19.1 Å². The van der Waals surface area contributed by atoms with Crippen LogP contribution in [0.5, 0.6) is 0 Å². The molecule has 0 radical (unpaired) electrons. The second-order valence-corrected chi connectivity index (χ2v) is 11.2. The van der Waals surface area contributed by atoms with Crippen LogP contribution in [0.4, 0.5) is 4.79 Å². The third-order valence-corrected chi connectivity index (χ3v) is 5.60. The molecule has 0 bridgehead atoms. The lowest BCUT2D eigenvalue weighted by Crippen LogP contribution is -2.59. The Morgan fingerprint density at radius 1 is 1.17 bits per heavy atom. The second kappa shape index (κ2) is 11.6. The van der Waals surface area contributed by atoms with Crippen LogP contribution in [0, 0.1) is 0 Å². The molecule has 1 aromatic rings. The smallest absolute Gasteiger partial charge is 0.408 e. The molecular weight excluding hydrogens is 460 g/mol. The summed E-state index contributed by atoms with van der Waals surface area (Å²) in [6, 6.07) is 4.73. The molecule has 4 N–H and O–H groups in total. The topological polar surface area (TPSA) is 131 Å². The van der Waals surface area contributed by atoms with E-state index in [4.69, 9.17) is 10.5 Å². The van der Waals surface area contributed by atoms with E-state index in [1.165, 1.54) is 4.90 Å². The Bertz CT molecular complexity index is 989. The quantitative estimate of drug-likeness (QED) is 0.478. The van der Waals surface area contributed by atoms with Crippen molar-refractivity contribution < 1.29 is 23.9 Å². The first kappa shape index (κ1) is 28.9. The van der Waals surface area contributed by atoms with Crippen LogP contribution in [0.2, 0.25) is 0 Å². The first-order valence-electron chi connectivity index (χ1n) is 12.3. The van der Waals surface area contributed by atoms with Crippen molar-refractivity contribution in [2.45, 2.75) is 96.5 Å². The van der Waals surface area contributed by atoms with Gasteiger partial charge in [0.05, 0.1) is 6.42 Å². The first-order chi connectivity index (χ1) is 16.6. The number of nitrogens with two attached hydrogens (primary N) is 1. The summed E-state index contributed by atoms with van der Waals surface area (Å²) in [6.45, 7) is 14.5. The summed E-state index contributed by atoms with van der Waals surface area (Å²) in [7, 11) is 0. The van der Waals surface area contributed by atoms with E-state index >= 15 is 0 Å². The Hall–Kier alpha value is -3.36. The maximum Gasteiger partial charge on any atom is 0.408 e. The van der Waals surface area contributed by atoms with Gasteiger partial charge in [-0.25, -0.2) is 4.79 Å². The summed E-state index contributed by atoms with van der Waals surface area (Å²) in [5, 5.41) is 5.49. The second-order valence-electron chi connectivity index (χ2n) is 11.2. The Balaban J connectivity index is 2.55. The predicted octanol–water partition coefficient (Wildman–Crippen LogP) is 3.44. The van der Waals surface area contributed by atoms with Gasteiger partial charge in [-0.05, 0) is 78.0 Å². The normalized spacial score (nSPS) is 15.6. The number of alkyl carbamates (subject to hydrolysis) is 1. The zero-order chi connectivity index (χ0) is 27.3. The molecule has 1 aliphatic carbocycles. The number of amides is 4. The van der Waals surface area contributed by atoms with Crippen molar-refractivity contribution in [1.82, 2.24) is 15.5 Å². The van der Waals surface area contributed by atoms with Crippen LogP contribution < -0.4 is 16.4 Å². The van der Waals surface area contributed by atoms with Crippen LogP contribution in [0.15, 0.2) is 30.8 Å². The number of primary amides is 1. The number of ether oxygens (including phenoxy) is 1. The molecule has 198 valence electrons. The zero-order valence-corrected chi connectivity index (χ0v) is 22.2. The maximum absolute atomic E-state index is 14.0. The lowest BCUT2D eigenvalue weighted by atomic mass is 9.87. The fraction of sp³-hybridized carbons (Fsp3) is 0.556. The van der Waals surface area contributed by atoms with Gasteiger partial charge >= 0.3 is 6.09 Å². The van der Waals surface area contributed by atoms with Crippen molar-refractivity contribution in [2.24, 2.45) is 5.73 Å². The van der Waals surface area contributed by atoms with Gasteiger partial charge in [0.25, 0.3) is 0 Å².